The van der Waals surface area contributed by atoms with Crippen molar-refractivity contribution in [2.75, 3.05) is 0 Å². The third kappa shape index (κ3) is 0.972. The van der Waals surface area contributed by atoms with Crippen molar-refractivity contribution in [1.29, 1.82) is 0 Å². The fraction of sp³-hybridized carbons (Fsp3) is 0.667. The summed E-state index contributed by atoms with van der Waals surface area (Å²) in [7, 11) is 0. The van der Waals surface area contributed by atoms with E-state index in [-0.39, 0.29) is 0 Å². The minimum absolute atomic E-state index is 0.457. The smallest absolute Gasteiger partial charge is 0.00170 e. The summed E-state index contributed by atoms with van der Waals surface area (Å²) < 4.78 is 0. The molecule has 0 saturated heterocycles. The van der Waals surface area contributed by atoms with E-state index in [1.54, 1.807) is 5.57 Å². The van der Waals surface area contributed by atoms with Gasteiger partial charge in [-0.3, -0.25) is 0 Å². The van der Waals surface area contributed by atoms with Crippen molar-refractivity contribution in [3.63, 3.8) is 0 Å². The van der Waals surface area contributed by atoms with Crippen molar-refractivity contribution < 1.29 is 0 Å². The standard InChI is InChI=1S/C12H18/c1-8-5-10-9(2)7-12(3,4)11(10)6-8/h5-6,9-10H,7H2,1-4H3. The Bertz CT molecular complexity index is 266. The summed E-state index contributed by atoms with van der Waals surface area (Å²) >= 11 is 0. The Morgan fingerprint density at radius 3 is 2.67 bits per heavy atom. The Balaban J connectivity index is 2.39. The molecule has 2 atom stereocenters. The Kier molecular flexibility index (Phi) is 1.51. The summed E-state index contributed by atoms with van der Waals surface area (Å²) in [5, 5.41) is 0. The van der Waals surface area contributed by atoms with Crippen LogP contribution in [0.1, 0.15) is 34.1 Å². The fourth-order valence-corrected chi connectivity index (χ4v) is 2.93. The van der Waals surface area contributed by atoms with Gasteiger partial charge in [-0.15, -0.1) is 0 Å². The molecule has 2 unspecified atom stereocenters. The molecule has 0 amide bonds. The molecule has 2 aliphatic rings. The van der Waals surface area contributed by atoms with Gasteiger partial charge in [0.1, 0.15) is 0 Å². The SMILES string of the molecule is CC1=CC2C(=C1)C(C)(C)CC2C. The van der Waals surface area contributed by atoms with E-state index in [0.29, 0.717) is 5.41 Å². The van der Waals surface area contributed by atoms with Gasteiger partial charge in [-0.05, 0) is 24.7 Å². The van der Waals surface area contributed by atoms with E-state index in [1.807, 2.05) is 0 Å². The molecule has 0 aromatic heterocycles. The molecule has 0 aromatic carbocycles. The fourth-order valence-electron chi connectivity index (χ4n) is 2.93. The third-order valence-corrected chi connectivity index (χ3v) is 3.41. The zero-order chi connectivity index (χ0) is 8.93. The number of allylic oxidation sites excluding steroid dienone is 4. The second-order valence-corrected chi connectivity index (χ2v) is 5.10. The normalized spacial score (nSPS) is 37.7. The van der Waals surface area contributed by atoms with Crippen molar-refractivity contribution in [3.8, 4) is 0 Å². The lowest BCUT2D eigenvalue weighted by Crippen LogP contribution is -2.08. The molecule has 0 heterocycles. The largest absolute Gasteiger partial charge is 0.0741 e. The monoisotopic (exact) mass is 162 g/mol. The first-order valence-corrected chi connectivity index (χ1v) is 4.91. The third-order valence-electron chi connectivity index (χ3n) is 3.41. The molecule has 0 N–H and O–H groups in total. The van der Waals surface area contributed by atoms with Crippen LogP contribution in [0.5, 0.6) is 0 Å². The molecule has 2 aliphatic carbocycles. The summed E-state index contributed by atoms with van der Waals surface area (Å²) in [5.74, 6) is 1.61. The lowest BCUT2D eigenvalue weighted by atomic mass is 9.86. The maximum atomic E-state index is 2.44. The number of rotatable bonds is 0. The molecule has 1 fully saturated rings. The Hall–Kier alpha value is -0.520. The molecular formula is C12H18. The molecule has 0 aromatic rings. The van der Waals surface area contributed by atoms with E-state index >= 15 is 0 Å². The van der Waals surface area contributed by atoms with Crippen LogP contribution in [0.4, 0.5) is 0 Å². The van der Waals surface area contributed by atoms with Crippen molar-refractivity contribution in [1.82, 2.24) is 0 Å². The summed E-state index contributed by atoms with van der Waals surface area (Å²) in [6, 6.07) is 0. The van der Waals surface area contributed by atoms with Crippen LogP contribution in [0.15, 0.2) is 23.3 Å². The van der Waals surface area contributed by atoms with Crippen LogP contribution in [0.25, 0.3) is 0 Å². The Morgan fingerprint density at radius 1 is 1.42 bits per heavy atom. The van der Waals surface area contributed by atoms with Gasteiger partial charge >= 0.3 is 0 Å². The van der Waals surface area contributed by atoms with Gasteiger partial charge in [0.25, 0.3) is 0 Å². The molecule has 66 valence electrons. The zero-order valence-electron chi connectivity index (χ0n) is 8.52. The highest BCUT2D eigenvalue weighted by Gasteiger charge is 2.41. The molecule has 2 rings (SSSR count). The van der Waals surface area contributed by atoms with Crippen LogP contribution < -0.4 is 0 Å². The van der Waals surface area contributed by atoms with E-state index in [0.717, 1.165) is 11.8 Å². The predicted octanol–water partition coefficient (Wildman–Crippen LogP) is 3.55. The maximum Gasteiger partial charge on any atom is 0.00170 e. The first-order chi connectivity index (χ1) is 5.50. The molecule has 12 heavy (non-hydrogen) atoms. The summed E-state index contributed by atoms with van der Waals surface area (Å²) in [6.45, 7) is 9.35. The molecule has 1 saturated carbocycles. The average Bonchev–Trinajstić information content (AvgIpc) is 2.37. The van der Waals surface area contributed by atoms with Gasteiger partial charge in [0.05, 0.1) is 0 Å². The van der Waals surface area contributed by atoms with Crippen molar-refractivity contribution >= 4 is 0 Å². The Morgan fingerprint density at radius 2 is 2.08 bits per heavy atom. The molecule has 0 radical (unpaired) electrons. The Labute approximate surface area is 75.4 Å². The minimum Gasteiger partial charge on any atom is -0.0741 e. The van der Waals surface area contributed by atoms with E-state index < -0.39 is 0 Å². The second-order valence-electron chi connectivity index (χ2n) is 5.10. The zero-order valence-corrected chi connectivity index (χ0v) is 8.52. The van der Waals surface area contributed by atoms with E-state index in [1.165, 1.54) is 12.0 Å². The topological polar surface area (TPSA) is 0 Å². The van der Waals surface area contributed by atoms with E-state index in [2.05, 4.69) is 39.8 Å². The highest BCUT2D eigenvalue weighted by Crippen LogP contribution is 2.52. The van der Waals surface area contributed by atoms with E-state index in [9.17, 15) is 0 Å². The second kappa shape index (κ2) is 2.25. The van der Waals surface area contributed by atoms with Crippen LogP contribution in [0, 0.1) is 17.3 Å². The van der Waals surface area contributed by atoms with Crippen LogP contribution in [0.3, 0.4) is 0 Å². The summed E-state index contributed by atoms with van der Waals surface area (Å²) in [5.41, 5.74) is 3.60. The highest BCUT2D eigenvalue weighted by atomic mass is 14.5. The molecule has 0 nitrogen and oxygen atoms in total. The van der Waals surface area contributed by atoms with Gasteiger partial charge in [0.2, 0.25) is 0 Å². The van der Waals surface area contributed by atoms with Gasteiger partial charge in [-0.1, -0.05) is 44.1 Å². The van der Waals surface area contributed by atoms with Gasteiger partial charge in [0.15, 0.2) is 0 Å². The number of hydrogen-bond donors (Lipinski definition) is 0. The van der Waals surface area contributed by atoms with Crippen molar-refractivity contribution in [2.45, 2.75) is 34.1 Å². The molecule has 0 heteroatoms. The molecular weight excluding hydrogens is 144 g/mol. The molecule has 0 bridgehead atoms. The van der Waals surface area contributed by atoms with Crippen LogP contribution in [-0.4, -0.2) is 0 Å². The molecule has 0 aliphatic heterocycles. The van der Waals surface area contributed by atoms with Gasteiger partial charge < -0.3 is 0 Å². The average molecular weight is 162 g/mol. The maximum absolute atomic E-state index is 2.44. The van der Waals surface area contributed by atoms with Crippen LogP contribution >= 0.6 is 0 Å². The van der Waals surface area contributed by atoms with Crippen LogP contribution in [0.2, 0.25) is 0 Å². The molecule has 0 spiro atoms. The van der Waals surface area contributed by atoms with Gasteiger partial charge in [-0.25, -0.2) is 0 Å². The van der Waals surface area contributed by atoms with Gasteiger partial charge in [0, 0.05) is 5.92 Å². The van der Waals surface area contributed by atoms with Gasteiger partial charge in [-0.2, -0.15) is 0 Å². The minimum atomic E-state index is 0.457. The highest BCUT2D eigenvalue weighted by molar-refractivity contribution is 5.40. The first kappa shape index (κ1) is 8.10. The summed E-state index contributed by atoms with van der Waals surface area (Å²) in [4.78, 5) is 0. The lowest BCUT2D eigenvalue weighted by Gasteiger charge is -2.19. The predicted molar refractivity (Wildman–Crippen MR) is 52.9 cm³/mol. The first-order valence-electron chi connectivity index (χ1n) is 4.91. The number of hydrogen-bond acceptors (Lipinski definition) is 0. The van der Waals surface area contributed by atoms with E-state index in [4.69, 9.17) is 0 Å². The quantitative estimate of drug-likeness (QED) is 0.511. The van der Waals surface area contributed by atoms with Crippen molar-refractivity contribution in [2.24, 2.45) is 17.3 Å². The summed E-state index contributed by atoms with van der Waals surface area (Å²) in [6.07, 6.45) is 6.19. The lowest BCUT2D eigenvalue weighted by molar-refractivity contribution is 0.412. The van der Waals surface area contributed by atoms with Crippen LogP contribution in [-0.2, 0) is 0 Å². The van der Waals surface area contributed by atoms with Crippen molar-refractivity contribution in [3.05, 3.63) is 23.3 Å². The number of fused-ring (bicyclic) bond motifs is 1.